The smallest absolute Gasteiger partial charge is 0.312 e. The van der Waals surface area contributed by atoms with Gasteiger partial charge in [0.25, 0.3) is 0 Å². The molecule has 1 N–H and O–H groups in total. The quantitative estimate of drug-likeness (QED) is 0.780. The number of hydrogen-bond donors (Lipinski definition) is 1. The van der Waals surface area contributed by atoms with Gasteiger partial charge in [0.05, 0.1) is 24.8 Å². The molecule has 4 nitrogen and oxygen atoms in total. The number of nitrogens with one attached hydrogen (secondary N) is 1. The molecule has 0 radical (unpaired) electrons. The molecule has 1 atom stereocenters. The molecule has 1 heterocycles. The van der Waals surface area contributed by atoms with Crippen LogP contribution in [-0.4, -0.2) is 19.6 Å². The molecule has 0 aliphatic carbocycles. The van der Waals surface area contributed by atoms with Crippen LogP contribution in [0, 0.1) is 5.41 Å². The fourth-order valence-electron chi connectivity index (χ4n) is 1.39. The number of hydrogen-bond acceptors (Lipinski definition) is 4. The van der Waals surface area contributed by atoms with Gasteiger partial charge < -0.3 is 14.5 Å². The van der Waals surface area contributed by atoms with E-state index in [-0.39, 0.29) is 12.0 Å². The molecule has 0 spiro atoms. The highest BCUT2D eigenvalue weighted by molar-refractivity contribution is 5.76. The van der Waals surface area contributed by atoms with E-state index in [0.29, 0.717) is 6.54 Å². The minimum absolute atomic E-state index is 0.0823. The van der Waals surface area contributed by atoms with Crippen LogP contribution >= 0.6 is 0 Å². The first kappa shape index (κ1) is 12.8. The van der Waals surface area contributed by atoms with Crippen molar-refractivity contribution in [1.29, 1.82) is 0 Å². The van der Waals surface area contributed by atoms with E-state index in [9.17, 15) is 4.79 Å². The molecule has 0 bridgehead atoms. The summed E-state index contributed by atoms with van der Waals surface area (Å²) >= 11 is 0. The van der Waals surface area contributed by atoms with Gasteiger partial charge >= 0.3 is 5.97 Å². The fourth-order valence-corrected chi connectivity index (χ4v) is 1.39. The highest BCUT2D eigenvalue weighted by Crippen LogP contribution is 2.18. The van der Waals surface area contributed by atoms with Crippen LogP contribution in [0.25, 0.3) is 0 Å². The minimum Gasteiger partial charge on any atom is -0.469 e. The zero-order chi connectivity index (χ0) is 12.2. The summed E-state index contributed by atoms with van der Waals surface area (Å²) in [6.45, 7) is 6.23. The highest BCUT2D eigenvalue weighted by atomic mass is 16.5. The van der Waals surface area contributed by atoms with Crippen molar-refractivity contribution < 1.29 is 13.9 Å². The predicted octanol–water partition coefficient (Wildman–Crippen LogP) is 2.13. The molecule has 0 saturated heterocycles. The molecule has 0 aliphatic heterocycles. The lowest BCUT2D eigenvalue weighted by molar-refractivity contribution is -0.150. The summed E-state index contributed by atoms with van der Waals surface area (Å²) in [4.78, 5) is 11.4. The number of carbonyl (C=O) groups is 1. The molecule has 0 aliphatic rings. The lowest BCUT2D eigenvalue weighted by Gasteiger charge is -2.23. The Morgan fingerprint density at radius 2 is 2.31 bits per heavy atom. The van der Waals surface area contributed by atoms with Gasteiger partial charge in [-0.15, -0.1) is 0 Å². The summed E-state index contributed by atoms with van der Waals surface area (Å²) in [6, 6.07) is 3.83. The van der Waals surface area contributed by atoms with Crippen molar-refractivity contribution >= 4 is 5.97 Å². The first-order chi connectivity index (χ1) is 7.47. The summed E-state index contributed by atoms with van der Waals surface area (Å²) < 4.78 is 10.0. The van der Waals surface area contributed by atoms with E-state index < -0.39 is 5.41 Å². The number of furan rings is 1. The lowest BCUT2D eigenvalue weighted by atomic mass is 9.93. The predicted molar refractivity (Wildman–Crippen MR) is 60.9 cm³/mol. The van der Waals surface area contributed by atoms with E-state index in [1.165, 1.54) is 7.11 Å². The minimum atomic E-state index is -0.532. The van der Waals surface area contributed by atoms with E-state index in [4.69, 9.17) is 9.15 Å². The van der Waals surface area contributed by atoms with Crippen LogP contribution < -0.4 is 5.32 Å². The third kappa shape index (κ3) is 3.10. The zero-order valence-corrected chi connectivity index (χ0v) is 10.2. The third-order valence-corrected chi connectivity index (χ3v) is 2.56. The van der Waals surface area contributed by atoms with E-state index in [1.807, 2.05) is 32.9 Å². The average molecular weight is 225 g/mol. The number of carbonyl (C=O) groups excluding carboxylic acids is 1. The van der Waals surface area contributed by atoms with Crippen LogP contribution in [0.4, 0.5) is 0 Å². The molecule has 0 amide bonds. The molecule has 1 aromatic rings. The van der Waals surface area contributed by atoms with Gasteiger partial charge in [0, 0.05) is 6.54 Å². The summed E-state index contributed by atoms with van der Waals surface area (Å²) in [7, 11) is 1.40. The normalized spacial score (nSPS) is 13.5. The fraction of sp³-hybridized carbons (Fsp3) is 0.583. The maximum Gasteiger partial charge on any atom is 0.312 e. The van der Waals surface area contributed by atoms with Crippen LogP contribution in [0.3, 0.4) is 0 Å². The SMILES string of the molecule is COC(=O)C(C)(C)CN[C@@H](C)c1ccco1. The van der Waals surface area contributed by atoms with Crippen molar-refractivity contribution in [1.82, 2.24) is 5.32 Å². The summed E-state index contributed by atoms with van der Waals surface area (Å²) in [5.41, 5.74) is -0.532. The van der Waals surface area contributed by atoms with Crippen LogP contribution in [0.2, 0.25) is 0 Å². The van der Waals surface area contributed by atoms with Crippen molar-refractivity contribution in [2.75, 3.05) is 13.7 Å². The summed E-state index contributed by atoms with van der Waals surface area (Å²) in [6.07, 6.45) is 1.64. The Morgan fingerprint density at radius 3 is 2.81 bits per heavy atom. The number of methoxy groups -OCH3 is 1. The lowest BCUT2D eigenvalue weighted by Crippen LogP contribution is -2.37. The number of ether oxygens (including phenoxy) is 1. The second-order valence-electron chi connectivity index (χ2n) is 4.49. The zero-order valence-electron chi connectivity index (χ0n) is 10.2. The molecular formula is C12H19NO3. The molecule has 1 rings (SSSR count). The number of esters is 1. The van der Waals surface area contributed by atoms with E-state index in [2.05, 4.69) is 5.32 Å². The largest absolute Gasteiger partial charge is 0.469 e. The van der Waals surface area contributed by atoms with Crippen LogP contribution in [0.5, 0.6) is 0 Å². The van der Waals surface area contributed by atoms with E-state index in [1.54, 1.807) is 6.26 Å². The van der Waals surface area contributed by atoms with Gasteiger partial charge in [0.1, 0.15) is 5.76 Å². The van der Waals surface area contributed by atoms with Gasteiger partial charge in [0.15, 0.2) is 0 Å². The van der Waals surface area contributed by atoms with E-state index >= 15 is 0 Å². The first-order valence-electron chi connectivity index (χ1n) is 5.32. The van der Waals surface area contributed by atoms with Gasteiger partial charge in [0.2, 0.25) is 0 Å². The van der Waals surface area contributed by atoms with Gasteiger partial charge in [-0.05, 0) is 32.9 Å². The van der Waals surface area contributed by atoms with Crippen LogP contribution in [0.15, 0.2) is 22.8 Å². The average Bonchev–Trinajstić information content (AvgIpc) is 2.78. The van der Waals surface area contributed by atoms with Crippen molar-refractivity contribution in [2.45, 2.75) is 26.8 Å². The van der Waals surface area contributed by atoms with Gasteiger partial charge in [-0.3, -0.25) is 4.79 Å². The van der Waals surface area contributed by atoms with Crippen LogP contribution in [0.1, 0.15) is 32.6 Å². The molecule has 0 unspecified atom stereocenters. The van der Waals surface area contributed by atoms with Gasteiger partial charge in [-0.1, -0.05) is 0 Å². The molecule has 0 aromatic carbocycles. The summed E-state index contributed by atoms with van der Waals surface area (Å²) in [5.74, 6) is 0.646. The standard InChI is InChI=1S/C12H19NO3/c1-9(10-6-5-7-16-10)13-8-12(2,3)11(14)15-4/h5-7,9,13H,8H2,1-4H3/t9-/m0/s1. The van der Waals surface area contributed by atoms with Gasteiger partial charge in [-0.2, -0.15) is 0 Å². The van der Waals surface area contributed by atoms with E-state index in [0.717, 1.165) is 5.76 Å². The summed E-state index contributed by atoms with van der Waals surface area (Å²) in [5, 5.41) is 3.25. The Kier molecular flexibility index (Phi) is 4.12. The maximum absolute atomic E-state index is 11.4. The first-order valence-corrected chi connectivity index (χ1v) is 5.32. The third-order valence-electron chi connectivity index (χ3n) is 2.56. The van der Waals surface area contributed by atoms with Crippen molar-refractivity contribution in [3.8, 4) is 0 Å². The maximum atomic E-state index is 11.4. The highest BCUT2D eigenvalue weighted by Gasteiger charge is 2.29. The Morgan fingerprint density at radius 1 is 1.62 bits per heavy atom. The second-order valence-corrected chi connectivity index (χ2v) is 4.49. The Balaban J connectivity index is 2.48. The monoisotopic (exact) mass is 225 g/mol. The molecular weight excluding hydrogens is 206 g/mol. The molecule has 4 heteroatoms. The van der Waals surface area contributed by atoms with Crippen molar-refractivity contribution in [2.24, 2.45) is 5.41 Å². The molecule has 0 saturated carbocycles. The Bertz CT molecular complexity index is 330. The number of rotatable bonds is 5. The molecule has 16 heavy (non-hydrogen) atoms. The Hall–Kier alpha value is -1.29. The van der Waals surface area contributed by atoms with Crippen molar-refractivity contribution in [3.63, 3.8) is 0 Å². The van der Waals surface area contributed by atoms with Crippen LogP contribution in [-0.2, 0) is 9.53 Å². The van der Waals surface area contributed by atoms with Crippen molar-refractivity contribution in [3.05, 3.63) is 24.2 Å². The molecule has 0 fully saturated rings. The second kappa shape index (κ2) is 5.16. The molecule has 1 aromatic heterocycles. The topological polar surface area (TPSA) is 51.5 Å². The Labute approximate surface area is 96.0 Å². The molecule has 90 valence electrons. The van der Waals surface area contributed by atoms with Gasteiger partial charge in [-0.25, -0.2) is 0 Å².